The van der Waals surface area contributed by atoms with Crippen molar-refractivity contribution in [3.63, 3.8) is 0 Å². The molecule has 0 unspecified atom stereocenters. The van der Waals surface area contributed by atoms with Crippen molar-refractivity contribution in [3.8, 4) is 11.3 Å². The van der Waals surface area contributed by atoms with Crippen molar-refractivity contribution >= 4 is 44.9 Å². The summed E-state index contributed by atoms with van der Waals surface area (Å²) in [6.07, 6.45) is 0. The Hall–Kier alpha value is -2.48. The minimum atomic E-state index is -0.279. The summed E-state index contributed by atoms with van der Waals surface area (Å²) in [4.78, 5) is 12.1. The van der Waals surface area contributed by atoms with E-state index in [1.807, 2.05) is 24.3 Å². The number of halogens is 1. The molecule has 0 bridgehead atoms. The van der Waals surface area contributed by atoms with E-state index in [0.29, 0.717) is 17.1 Å². The molecule has 0 aliphatic carbocycles. The van der Waals surface area contributed by atoms with Crippen molar-refractivity contribution in [1.82, 2.24) is 5.32 Å². The zero-order valence-electron chi connectivity index (χ0n) is 13.5. The number of aliphatic hydroxyl groups is 1. The van der Waals surface area contributed by atoms with Gasteiger partial charge in [-0.1, -0.05) is 15.9 Å². The smallest absolute Gasteiger partial charge is 0.257 e. The van der Waals surface area contributed by atoms with Crippen LogP contribution in [0.1, 0.15) is 16.1 Å². The van der Waals surface area contributed by atoms with Crippen LogP contribution in [0, 0.1) is 0 Å². The summed E-state index contributed by atoms with van der Waals surface area (Å²) in [5.41, 5.74) is 2.13. The Labute approximate surface area is 164 Å². The summed E-state index contributed by atoms with van der Waals surface area (Å²) in [5, 5.41) is 14.9. The Morgan fingerprint density at radius 3 is 2.35 bits per heavy atom. The van der Waals surface area contributed by atoms with Gasteiger partial charge in [0.05, 0.1) is 0 Å². The van der Waals surface area contributed by atoms with E-state index < -0.39 is 0 Å². The number of anilines is 1. The van der Waals surface area contributed by atoms with Crippen molar-refractivity contribution in [2.24, 2.45) is 0 Å². The number of carbonyl (C=O) groups is 1. The Balaban J connectivity index is 1.60. The van der Waals surface area contributed by atoms with Crippen LogP contribution in [-0.2, 0) is 6.61 Å². The summed E-state index contributed by atoms with van der Waals surface area (Å²) >= 11 is 8.51. The van der Waals surface area contributed by atoms with E-state index in [-0.39, 0.29) is 17.6 Å². The van der Waals surface area contributed by atoms with Gasteiger partial charge in [0.15, 0.2) is 5.11 Å². The molecule has 26 heavy (non-hydrogen) atoms. The molecule has 2 aromatic carbocycles. The predicted molar refractivity (Wildman–Crippen MR) is 108 cm³/mol. The molecule has 0 atom stereocenters. The maximum absolute atomic E-state index is 12.1. The van der Waals surface area contributed by atoms with Gasteiger partial charge in [-0.05, 0) is 72.9 Å². The lowest BCUT2D eigenvalue weighted by molar-refractivity contribution is 0.0977. The highest BCUT2D eigenvalue weighted by Crippen LogP contribution is 2.23. The maximum Gasteiger partial charge on any atom is 0.257 e. The van der Waals surface area contributed by atoms with Gasteiger partial charge in [-0.15, -0.1) is 0 Å². The molecule has 0 spiro atoms. The molecule has 3 aromatic rings. The number of hydrogen-bond acceptors (Lipinski definition) is 4. The van der Waals surface area contributed by atoms with Crippen molar-refractivity contribution in [1.29, 1.82) is 0 Å². The highest BCUT2D eigenvalue weighted by molar-refractivity contribution is 9.10. The van der Waals surface area contributed by atoms with Gasteiger partial charge >= 0.3 is 0 Å². The van der Waals surface area contributed by atoms with E-state index in [1.165, 1.54) is 0 Å². The zero-order valence-corrected chi connectivity index (χ0v) is 15.9. The van der Waals surface area contributed by atoms with Crippen LogP contribution in [0.2, 0.25) is 0 Å². The third-order valence-corrected chi connectivity index (χ3v) is 4.31. The lowest BCUT2D eigenvalue weighted by Crippen LogP contribution is -2.34. The fraction of sp³-hybridized carbons (Fsp3) is 0.0526. The Bertz CT molecular complexity index is 921. The minimum absolute atomic E-state index is 0.133. The number of rotatable bonds is 4. The molecule has 0 saturated carbocycles. The van der Waals surface area contributed by atoms with Crippen LogP contribution in [0.25, 0.3) is 11.3 Å². The van der Waals surface area contributed by atoms with E-state index >= 15 is 0 Å². The quantitative estimate of drug-likeness (QED) is 0.537. The molecule has 0 fully saturated rings. The lowest BCUT2D eigenvalue weighted by atomic mass is 10.1. The molecule has 0 saturated heterocycles. The van der Waals surface area contributed by atoms with E-state index in [0.717, 1.165) is 15.7 Å². The van der Waals surface area contributed by atoms with E-state index in [9.17, 15) is 4.79 Å². The number of amides is 1. The lowest BCUT2D eigenvalue weighted by Gasteiger charge is -2.10. The van der Waals surface area contributed by atoms with Crippen molar-refractivity contribution < 1.29 is 14.3 Å². The Kier molecular flexibility index (Phi) is 5.82. The van der Waals surface area contributed by atoms with Gasteiger partial charge in [-0.25, -0.2) is 0 Å². The number of carbonyl (C=O) groups excluding carboxylic acids is 1. The van der Waals surface area contributed by atoms with Crippen LogP contribution in [-0.4, -0.2) is 16.1 Å². The molecule has 3 rings (SSSR count). The number of hydrogen-bond donors (Lipinski definition) is 3. The van der Waals surface area contributed by atoms with Crippen LogP contribution < -0.4 is 10.6 Å². The zero-order chi connectivity index (χ0) is 18.5. The first-order valence-electron chi connectivity index (χ1n) is 7.73. The first-order chi connectivity index (χ1) is 12.5. The van der Waals surface area contributed by atoms with Gasteiger partial charge in [0.25, 0.3) is 5.91 Å². The second-order valence-corrected chi connectivity index (χ2v) is 6.74. The van der Waals surface area contributed by atoms with Gasteiger partial charge < -0.3 is 14.8 Å². The number of furan rings is 1. The molecule has 132 valence electrons. The summed E-state index contributed by atoms with van der Waals surface area (Å²) in [5.74, 6) is 0.907. The van der Waals surface area contributed by atoms with Gasteiger partial charge in [-0.2, -0.15) is 0 Å². The monoisotopic (exact) mass is 430 g/mol. The summed E-state index contributed by atoms with van der Waals surface area (Å²) in [7, 11) is 0. The fourth-order valence-corrected chi connectivity index (χ4v) is 2.75. The second kappa shape index (κ2) is 8.27. The first kappa shape index (κ1) is 18.3. The highest BCUT2D eigenvalue weighted by atomic mass is 79.9. The average molecular weight is 431 g/mol. The highest BCUT2D eigenvalue weighted by Gasteiger charge is 2.08. The topological polar surface area (TPSA) is 74.5 Å². The Morgan fingerprint density at radius 1 is 1.04 bits per heavy atom. The van der Waals surface area contributed by atoms with Crippen LogP contribution in [0.4, 0.5) is 5.69 Å². The van der Waals surface area contributed by atoms with Crippen molar-refractivity contribution in [3.05, 3.63) is 76.5 Å². The normalized spacial score (nSPS) is 10.4. The molecule has 7 heteroatoms. The first-order valence-corrected chi connectivity index (χ1v) is 8.93. The molecule has 1 aromatic heterocycles. The number of nitrogens with one attached hydrogen (secondary N) is 2. The van der Waals surface area contributed by atoms with Gasteiger partial charge in [-0.3, -0.25) is 10.1 Å². The number of benzene rings is 2. The molecule has 1 heterocycles. The predicted octanol–water partition coefficient (Wildman–Crippen LogP) is 4.33. The van der Waals surface area contributed by atoms with E-state index in [4.69, 9.17) is 21.7 Å². The average Bonchev–Trinajstić information content (AvgIpc) is 3.12. The molecule has 3 N–H and O–H groups in total. The standard InChI is InChI=1S/C19H15BrN2O3S/c20-14-5-1-13(2-6-14)18(24)22-19(26)21-15-7-3-12(4-8-15)17-10-9-16(11-23)25-17/h1-10,23H,11H2,(H2,21,22,24,26). The third kappa shape index (κ3) is 4.57. The van der Waals surface area contributed by atoms with E-state index in [1.54, 1.807) is 36.4 Å². The number of thiocarbonyl (C=S) groups is 1. The second-order valence-electron chi connectivity index (χ2n) is 5.42. The number of aliphatic hydroxyl groups excluding tert-OH is 1. The molecular formula is C19H15BrN2O3S. The van der Waals surface area contributed by atoms with Gasteiger partial charge in [0.2, 0.25) is 0 Å². The van der Waals surface area contributed by atoms with E-state index in [2.05, 4.69) is 26.6 Å². The summed E-state index contributed by atoms with van der Waals surface area (Å²) in [6.45, 7) is -0.133. The van der Waals surface area contributed by atoms with Crippen LogP contribution in [0.5, 0.6) is 0 Å². The molecule has 0 radical (unpaired) electrons. The largest absolute Gasteiger partial charge is 0.459 e. The fourth-order valence-electron chi connectivity index (χ4n) is 2.27. The molecule has 0 aliphatic rings. The SMILES string of the molecule is O=C(NC(=S)Nc1ccc(-c2ccc(CO)o2)cc1)c1ccc(Br)cc1. The van der Waals surface area contributed by atoms with Crippen molar-refractivity contribution in [2.75, 3.05) is 5.32 Å². The molecule has 1 amide bonds. The summed E-state index contributed by atoms with van der Waals surface area (Å²) < 4.78 is 6.39. The van der Waals surface area contributed by atoms with Gasteiger partial charge in [0, 0.05) is 21.3 Å². The molecular weight excluding hydrogens is 416 g/mol. The van der Waals surface area contributed by atoms with Crippen molar-refractivity contribution in [2.45, 2.75) is 6.61 Å². The van der Waals surface area contributed by atoms with Crippen LogP contribution >= 0.6 is 28.1 Å². The maximum atomic E-state index is 12.1. The molecule has 0 aliphatic heterocycles. The Morgan fingerprint density at radius 2 is 1.73 bits per heavy atom. The summed E-state index contributed by atoms with van der Waals surface area (Å²) in [6, 6.07) is 17.9. The van der Waals surface area contributed by atoms with Gasteiger partial charge in [0.1, 0.15) is 18.1 Å². The van der Waals surface area contributed by atoms with Crippen LogP contribution in [0.3, 0.4) is 0 Å². The van der Waals surface area contributed by atoms with Crippen LogP contribution in [0.15, 0.2) is 69.6 Å². The minimum Gasteiger partial charge on any atom is -0.459 e. The molecule has 5 nitrogen and oxygen atoms in total. The third-order valence-electron chi connectivity index (χ3n) is 3.58.